The van der Waals surface area contributed by atoms with Crippen molar-refractivity contribution < 1.29 is 4.79 Å². The average Bonchev–Trinajstić information content (AvgIpc) is 2.69. The second-order valence-corrected chi connectivity index (χ2v) is 9.60. The molecule has 1 amide bonds. The van der Waals surface area contributed by atoms with Crippen LogP contribution in [0.4, 0.5) is 0 Å². The number of carbonyl (C=O) groups is 1. The molecule has 148 valence electrons. The molecule has 1 aliphatic heterocycles. The van der Waals surface area contributed by atoms with Gasteiger partial charge in [0.15, 0.2) is 0 Å². The number of rotatable bonds is 5. The van der Waals surface area contributed by atoms with Crippen LogP contribution in [0.2, 0.25) is 0 Å². The summed E-state index contributed by atoms with van der Waals surface area (Å²) in [5, 5.41) is 3.30. The molecule has 3 atom stereocenters. The molecule has 1 N–H and O–H groups in total. The number of nitrogens with one attached hydrogen (secondary N) is 1. The number of nitrogens with zero attached hydrogens (tertiary/aromatic N) is 1. The van der Waals surface area contributed by atoms with Gasteiger partial charge >= 0.3 is 0 Å². The Kier molecular flexibility index (Phi) is 5.87. The van der Waals surface area contributed by atoms with Crippen molar-refractivity contribution in [2.45, 2.75) is 75.7 Å². The van der Waals surface area contributed by atoms with E-state index in [4.69, 9.17) is 0 Å². The van der Waals surface area contributed by atoms with E-state index < -0.39 is 0 Å². The first kappa shape index (κ1) is 19.0. The Morgan fingerprint density at radius 1 is 1.15 bits per heavy atom. The largest absolute Gasteiger partial charge is 0.353 e. The van der Waals surface area contributed by atoms with Crippen molar-refractivity contribution in [2.75, 3.05) is 20.1 Å². The molecular weight excluding hydrogens is 332 g/mol. The topological polar surface area (TPSA) is 32.3 Å². The minimum absolute atomic E-state index is 0.286. The van der Waals surface area contributed by atoms with Gasteiger partial charge in [-0.3, -0.25) is 4.79 Å². The number of fused-ring (bicyclic) bond motifs is 2. The van der Waals surface area contributed by atoms with Gasteiger partial charge < -0.3 is 10.2 Å². The van der Waals surface area contributed by atoms with Crippen LogP contribution in [0.5, 0.6) is 0 Å². The molecule has 2 aliphatic carbocycles. The van der Waals surface area contributed by atoms with Crippen LogP contribution in [-0.4, -0.2) is 37.0 Å². The maximum Gasteiger partial charge on any atom is 0.220 e. The fraction of sp³-hybridized carbons (Fsp3) is 0.708. The minimum Gasteiger partial charge on any atom is -0.353 e. The number of piperidine rings is 1. The number of carbonyl (C=O) groups excluding carboxylic acids is 1. The summed E-state index contributed by atoms with van der Waals surface area (Å²) in [5.74, 6) is 1.87. The van der Waals surface area contributed by atoms with E-state index in [-0.39, 0.29) is 5.91 Å². The standard InChI is InChI=1S/C24H36N2O/c1-26-14-11-22(12-15-26)25-23(27)10-9-20-16-19-6-5-13-24(17-19,18-20)21-7-3-2-4-8-21/h2-4,7-8,19-20,22H,5-6,9-18H2,1H3,(H,25,27). The Morgan fingerprint density at radius 2 is 1.93 bits per heavy atom. The molecule has 2 bridgehead atoms. The maximum absolute atomic E-state index is 12.5. The molecule has 3 fully saturated rings. The lowest BCUT2D eigenvalue weighted by Gasteiger charge is -2.49. The van der Waals surface area contributed by atoms with Crippen molar-refractivity contribution in [1.82, 2.24) is 10.2 Å². The van der Waals surface area contributed by atoms with Gasteiger partial charge in [-0.1, -0.05) is 43.2 Å². The Bertz CT molecular complexity index is 623. The molecule has 0 spiro atoms. The third-order valence-corrected chi connectivity index (χ3v) is 7.54. The van der Waals surface area contributed by atoms with Gasteiger partial charge in [-0.2, -0.15) is 0 Å². The highest BCUT2D eigenvalue weighted by Gasteiger charge is 2.43. The van der Waals surface area contributed by atoms with Crippen molar-refractivity contribution in [1.29, 1.82) is 0 Å². The number of amides is 1. The van der Waals surface area contributed by atoms with Crippen molar-refractivity contribution in [3.8, 4) is 0 Å². The number of benzene rings is 1. The second-order valence-electron chi connectivity index (χ2n) is 9.60. The Labute approximate surface area is 164 Å². The van der Waals surface area contributed by atoms with Gasteiger partial charge in [0.05, 0.1) is 0 Å². The monoisotopic (exact) mass is 368 g/mol. The van der Waals surface area contributed by atoms with Gasteiger partial charge in [-0.15, -0.1) is 0 Å². The van der Waals surface area contributed by atoms with E-state index in [0.717, 1.165) is 38.3 Å². The summed E-state index contributed by atoms with van der Waals surface area (Å²) < 4.78 is 0. The van der Waals surface area contributed by atoms with Crippen molar-refractivity contribution in [3.63, 3.8) is 0 Å². The van der Waals surface area contributed by atoms with Crippen LogP contribution >= 0.6 is 0 Å². The van der Waals surface area contributed by atoms with E-state index in [2.05, 4.69) is 47.6 Å². The van der Waals surface area contributed by atoms with E-state index >= 15 is 0 Å². The van der Waals surface area contributed by atoms with Crippen LogP contribution in [0.3, 0.4) is 0 Å². The fourth-order valence-corrected chi connectivity index (χ4v) is 6.16. The summed E-state index contributed by atoms with van der Waals surface area (Å²) in [6.45, 7) is 2.21. The lowest BCUT2D eigenvalue weighted by Crippen LogP contribution is -2.43. The summed E-state index contributed by atoms with van der Waals surface area (Å²) in [4.78, 5) is 14.9. The van der Waals surface area contributed by atoms with Crippen LogP contribution in [0, 0.1) is 11.8 Å². The van der Waals surface area contributed by atoms with Crippen molar-refractivity contribution in [3.05, 3.63) is 35.9 Å². The normalized spacial score (nSPS) is 32.2. The zero-order chi connectivity index (χ0) is 18.7. The highest BCUT2D eigenvalue weighted by atomic mass is 16.1. The maximum atomic E-state index is 12.5. The summed E-state index contributed by atoms with van der Waals surface area (Å²) in [5.41, 5.74) is 1.94. The lowest BCUT2D eigenvalue weighted by atomic mass is 9.56. The summed E-state index contributed by atoms with van der Waals surface area (Å²) in [6.07, 6.45) is 12.1. The van der Waals surface area contributed by atoms with Gasteiger partial charge in [-0.05, 0) is 87.9 Å². The van der Waals surface area contributed by atoms with Gasteiger partial charge in [0.25, 0.3) is 0 Å². The SMILES string of the molecule is CN1CCC(NC(=O)CCC2CC3CCCC(c4ccccc4)(C3)C2)CC1. The lowest BCUT2D eigenvalue weighted by molar-refractivity contribution is -0.122. The zero-order valence-electron chi connectivity index (χ0n) is 17.0. The van der Waals surface area contributed by atoms with Gasteiger partial charge in [0, 0.05) is 12.5 Å². The fourth-order valence-electron chi connectivity index (χ4n) is 6.16. The summed E-state index contributed by atoms with van der Waals surface area (Å²) >= 11 is 0. The summed E-state index contributed by atoms with van der Waals surface area (Å²) in [6, 6.07) is 11.6. The molecule has 27 heavy (non-hydrogen) atoms. The van der Waals surface area contributed by atoms with Crippen LogP contribution in [-0.2, 0) is 10.2 Å². The van der Waals surface area contributed by atoms with Gasteiger partial charge in [0.1, 0.15) is 0 Å². The molecule has 2 saturated carbocycles. The third-order valence-electron chi connectivity index (χ3n) is 7.54. The zero-order valence-corrected chi connectivity index (χ0v) is 17.0. The molecule has 0 aromatic heterocycles. The Morgan fingerprint density at radius 3 is 2.70 bits per heavy atom. The first-order valence-electron chi connectivity index (χ1n) is 11.2. The quantitative estimate of drug-likeness (QED) is 0.829. The molecule has 1 saturated heterocycles. The Balaban J connectivity index is 1.32. The Hall–Kier alpha value is -1.35. The molecule has 4 rings (SSSR count). The molecule has 1 heterocycles. The average molecular weight is 369 g/mol. The summed E-state index contributed by atoms with van der Waals surface area (Å²) in [7, 11) is 2.17. The number of hydrogen-bond acceptors (Lipinski definition) is 2. The number of likely N-dealkylation sites (tertiary alicyclic amines) is 1. The minimum atomic E-state index is 0.286. The smallest absolute Gasteiger partial charge is 0.220 e. The molecule has 3 nitrogen and oxygen atoms in total. The molecule has 3 heteroatoms. The first-order chi connectivity index (χ1) is 13.1. The van der Waals surface area contributed by atoms with E-state index in [0.29, 0.717) is 23.8 Å². The molecular formula is C24H36N2O. The van der Waals surface area contributed by atoms with E-state index in [1.54, 1.807) is 5.56 Å². The molecule has 3 aliphatic rings. The van der Waals surface area contributed by atoms with Gasteiger partial charge in [0.2, 0.25) is 5.91 Å². The van der Waals surface area contributed by atoms with E-state index in [1.807, 2.05) is 0 Å². The second kappa shape index (κ2) is 8.34. The van der Waals surface area contributed by atoms with Crippen LogP contribution in [0.1, 0.15) is 69.8 Å². The molecule has 0 radical (unpaired) electrons. The van der Waals surface area contributed by atoms with Gasteiger partial charge in [-0.25, -0.2) is 0 Å². The molecule has 1 aromatic carbocycles. The highest BCUT2D eigenvalue weighted by Crippen LogP contribution is 2.53. The van der Waals surface area contributed by atoms with Crippen LogP contribution in [0.25, 0.3) is 0 Å². The van der Waals surface area contributed by atoms with Crippen molar-refractivity contribution >= 4 is 5.91 Å². The third kappa shape index (κ3) is 4.56. The molecule has 1 aromatic rings. The predicted molar refractivity (Wildman–Crippen MR) is 111 cm³/mol. The predicted octanol–water partition coefficient (Wildman–Crippen LogP) is 4.52. The first-order valence-corrected chi connectivity index (χ1v) is 11.2. The molecule has 3 unspecified atom stereocenters. The van der Waals surface area contributed by atoms with Crippen LogP contribution in [0.15, 0.2) is 30.3 Å². The van der Waals surface area contributed by atoms with Crippen LogP contribution < -0.4 is 5.32 Å². The highest BCUT2D eigenvalue weighted by molar-refractivity contribution is 5.76. The number of hydrogen-bond donors (Lipinski definition) is 1. The van der Waals surface area contributed by atoms with Crippen molar-refractivity contribution in [2.24, 2.45) is 11.8 Å². The van der Waals surface area contributed by atoms with E-state index in [9.17, 15) is 4.79 Å². The van der Waals surface area contributed by atoms with E-state index in [1.165, 1.54) is 38.5 Å².